The predicted molar refractivity (Wildman–Crippen MR) is 139 cm³/mol. The highest BCUT2D eigenvalue weighted by Gasteiger charge is 2.05. The predicted octanol–water partition coefficient (Wildman–Crippen LogP) is 8.37. The molecule has 0 saturated carbocycles. The summed E-state index contributed by atoms with van der Waals surface area (Å²) in [6.45, 7) is 0. The molecule has 0 radical (unpaired) electrons. The maximum Gasteiger partial charge on any atom is 0.153 e. The molecule has 0 N–H and O–H groups in total. The van der Waals surface area contributed by atoms with E-state index in [1.165, 1.54) is 0 Å². The van der Waals surface area contributed by atoms with Gasteiger partial charge in [-0.15, -0.1) is 0 Å². The summed E-state index contributed by atoms with van der Waals surface area (Å²) in [5.74, 6) is 4.05. The molecule has 1 heterocycles. The van der Waals surface area contributed by atoms with Crippen LogP contribution in [0.2, 0.25) is 0 Å². The minimum atomic E-state index is 0.606. The number of rotatable bonds is 8. The Morgan fingerprint density at radius 1 is 0.457 bits per heavy atom. The monoisotopic (exact) mass is 458 g/mol. The van der Waals surface area contributed by atoms with Crippen LogP contribution in [-0.2, 0) is 0 Å². The summed E-state index contributed by atoms with van der Waals surface area (Å²) in [7, 11) is 0. The summed E-state index contributed by atoms with van der Waals surface area (Å²) in [6.07, 6.45) is 3.33. The molecule has 5 aromatic rings. The fourth-order valence-electron chi connectivity index (χ4n) is 3.30. The van der Waals surface area contributed by atoms with E-state index in [1.54, 1.807) is 12.4 Å². The van der Waals surface area contributed by atoms with Gasteiger partial charge in [-0.1, -0.05) is 60.7 Å². The molecule has 0 bridgehead atoms. The molecule has 0 saturated heterocycles. The molecular formula is C30H22N2O3. The lowest BCUT2D eigenvalue weighted by Crippen LogP contribution is -1.85. The van der Waals surface area contributed by atoms with Crippen LogP contribution in [0.15, 0.2) is 136 Å². The first-order valence-electron chi connectivity index (χ1n) is 11.2. The number of para-hydroxylation sites is 6. The van der Waals surface area contributed by atoms with Crippen LogP contribution < -0.4 is 9.47 Å². The van der Waals surface area contributed by atoms with Crippen molar-refractivity contribution in [1.82, 2.24) is 0 Å². The van der Waals surface area contributed by atoms with Crippen LogP contribution in [0.1, 0.15) is 11.5 Å². The van der Waals surface area contributed by atoms with Gasteiger partial charge in [0.2, 0.25) is 0 Å². The number of benzene rings is 4. The van der Waals surface area contributed by atoms with E-state index in [4.69, 9.17) is 13.9 Å². The van der Waals surface area contributed by atoms with Crippen molar-refractivity contribution in [3.8, 4) is 23.0 Å². The van der Waals surface area contributed by atoms with E-state index in [1.807, 2.05) is 121 Å². The minimum absolute atomic E-state index is 0.606. The summed E-state index contributed by atoms with van der Waals surface area (Å²) < 4.78 is 17.8. The SMILES string of the molecule is C(=Nc1ccccc1Oc1ccccc1)c1ccc(C=Nc2ccccc2Oc2ccccc2)o1. The Bertz CT molecular complexity index is 1330. The fourth-order valence-corrected chi connectivity index (χ4v) is 3.30. The van der Waals surface area contributed by atoms with E-state index >= 15 is 0 Å². The normalized spacial score (nSPS) is 11.2. The van der Waals surface area contributed by atoms with Crippen LogP contribution in [0.5, 0.6) is 23.0 Å². The van der Waals surface area contributed by atoms with E-state index < -0.39 is 0 Å². The molecule has 5 rings (SSSR count). The molecule has 0 fully saturated rings. The molecule has 0 atom stereocenters. The summed E-state index contributed by atoms with van der Waals surface area (Å²) in [6, 6.07) is 38.1. The number of nitrogens with zero attached hydrogens (tertiary/aromatic N) is 2. The van der Waals surface area contributed by atoms with Crippen molar-refractivity contribution in [2.45, 2.75) is 0 Å². The molecule has 0 aliphatic carbocycles. The van der Waals surface area contributed by atoms with Crippen molar-refractivity contribution in [3.63, 3.8) is 0 Å². The van der Waals surface area contributed by atoms with Gasteiger partial charge in [0.1, 0.15) is 34.4 Å². The van der Waals surface area contributed by atoms with Gasteiger partial charge < -0.3 is 13.9 Å². The van der Waals surface area contributed by atoms with E-state index in [0.717, 1.165) is 11.5 Å². The summed E-state index contributed by atoms with van der Waals surface area (Å²) in [5, 5.41) is 0. The van der Waals surface area contributed by atoms with Crippen molar-refractivity contribution in [2.75, 3.05) is 0 Å². The van der Waals surface area contributed by atoms with Gasteiger partial charge in [0.05, 0.1) is 12.4 Å². The second-order valence-electron chi connectivity index (χ2n) is 7.52. The first kappa shape index (κ1) is 21.9. The molecule has 0 spiro atoms. The zero-order chi connectivity index (χ0) is 23.7. The molecule has 4 aromatic carbocycles. The van der Waals surface area contributed by atoms with Crippen LogP contribution in [-0.4, -0.2) is 12.4 Å². The highest BCUT2D eigenvalue weighted by Crippen LogP contribution is 2.32. The molecule has 5 heteroatoms. The standard InChI is InChI=1S/C30H22N2O3/c1-3-11-23(12-4-1)34-29-17-9-7-15-27(29)31-21-25-19-20-26(33-25)22-32-28-16-8-10-18-30(28)35-24-13-5-2-6-14-24/h1-22H. The van der Waals surface area contributed by atoms with Crippen molar-refractivity contribution in [2.24, 2.45) is 9.98 Å². The maximum atomic E-state index is 5.97. The molecule has 0 aliphatic rings. The van der Waals surface area contributed by atoms with E-state index in [2.05, 4.69) is 9.98 Å². The first-order chi connectivity index (χ1) is 17.3. The fraction of sp³-hybridized carbons (Fsp3) is 0. The van der Waals surface area contributed by atoms with Crippen molar-refractivity contribution in [1.29, 1.82) is 0 Å². The van der Waals surface area contributed by atoms with Gasteiger partial charge in [0, 0.05) is 0 Å². The topological polar surface area (TPSA) is 56.3 Å². The molecule has 170 valence electrons. The largest absolute Gasteiger partial charge is 0.455 e. The average molecular weight is 459 g/mol. The third-order valence-electron chi connectivity index (χ3n) is 4.98. The second kappa shape index (κ2) is 10.8. The molecule has 0 amide bonds. The Hall–Kier alpha value is -4.90. The van der Waals surface area contributed by atoms with Gasteiger partial charge in [0.15, 0.2) is 11.5 Å². The van der Waals surface area contributed by atoms with Crippen LogP contribution in [0.3, 0.4) is 0 Å². The molecular weight excluding hydrogens is 436 g/mol. The lowest BCUT2D eigenvalue weighted by molar-refractivity contribution is 0.484. The van der Waals surface area contributed by atoms with Gasteiger partial charge in [-0.05, 0) is 60.7 Å². The van der Waals surface area contributed by atoms with Crippen LogP contribution in [0, 0.1) is 0 Å². The molecule has 0 aliphatic heterocycles. The first-order valence-corrected chi connectivity index (χ1v) is 11.2. The Morgan fingerprint density at radius 3 is 1.31 bits per heavy atom. The lowest BCUT2D eigenvalue weighted by Gasteiger charge is -2.07. The summed E-state index contributed by atoms with van der Waals surface area (Å²) in [4.78, 5) is 9.11. The lowest BCUT2D eigenvalue weighted by atomic mass is 10.3. The third-order valence-corrected chi connectivity index (χ3v) is 4.98. The van der Waals surface area contributed by atoms with Crippen LogP contribution in [0.25, 0.3) is 0 Å². The Balaban J connectivity index is 1.29. The highest BCUT2D eigenvalue weighted by atomic mass is 16.5. The summed E-state index contributed by atoms with van der Waals surface area (Å²) in [5.41, 5.74) is 1.41. The maximum absolute atomic E-state index is 5.97. The zero-order valence-corrected chi connectivity index (χ0v) is 18.8. The second-order valence-corrected chi connectivity index (χ2v) is 7.52. The summed E-state index contributed by atoms with van der Waals surface area (Å²) >= 11 is 0. The van der Waals surface area contributed by atoms with Crippen molar-refractivity contribution >= 4 is 23.8 Å². The van der Waals surface area contributed by atoms with Crippen molar-refractivity contribution < 1.29 is 13.9 Å². The quantitative estimate of drug-likeness (QED) is 0.219. The number of furan rings is 1. The number of aliphatic imine (C=N–C) groups is 2. The van der Waals surface area contributed by atoms with E-state index in [9.17, 15) is 0 Å². The number of hydrogen-bond acceptors (Lipinski definition) is 5. The van der Waals surface area contributed by atoms with Crippen molar-refractivity contribution in [3.05, 3.63) is 133 Å². The zero-order valence-electron chi connectivity index (χ0n) is 18.8. The molecule has 35 heavy (non-hydrogen) atoms. The smallest absolute Gasteiger partial charge is 0.153 e. The Labute approximate surface area is 203 Å². The molecule has 5 nitrogen and oxygen atoms in total. The minimum Gasteiger partial charge on any atom is -0.455 e. The molecule has 0 unspecified atom stereocenters. The number of hydrogen-bond donors (Lipinski definition) is 0. The van der Waals surface area contributed by atoms with Gasteiger partial charge in [-0.25, -0.2) is 9.98 Å². The van der Waals surface area contributed by atoms with Crippen LogP contribution >= 0.6 is 0 Å². The highest BCUT2D eigenvalue weighted by molar-refractivity contribution is 5.84. The third kappa shape index (κ3) is 5.92. The molecule has 1 aromatic heterocycles. The van der Waals surface area contributed by atoms with Crippen LogP contribution in [0.4, 0.5) is 11.4 Å². The Kier molecular flexibility index (Phi) is 6.77. The van der Waals surface area contributed by atoms with E-state index in [-0.39, 0.29) is 0 Å². The average Bonchev–Trinajstić information content (AvgIpc) is 3.37. The van der Waals surface area contributed by atoms with E-state index in [0.29, 0.717) is 34.4 Å². The van der Waals surface area contributed by atoms with Gasteiger partial charge in [0.25, 0.3) is 0 Å². The van der Waals surface area contributed by atoms with Gasteiger partial charge in [-0.2, -0.15) is 0 Å². The Morgan fingerprint density at radius 2 is 0.857 bits per heavy atom. The van der Waals surface area contributed by atoms with Gasteiger partial charge in [-0.3, -0.25) is 0 Å². The van der Waals surface area contributed by atoms with Gasteiger partial charge >= 0.3 is 0 Å². The number of ether oxygens (including phenoxy) is 2.